The molecule has 0 aliphatic rings. The molecule has 1 nitrogen and oxygen atoms in total. The number of rotatable bonds is 3. The quantitative estimate of drug-likeness (QED) is 0.201. The van der Waals surface area contributed by atoms with Crippen LogP contribution in [0.25, 0.3) is 87.6 Å². The molecule has 0 amide bonds. The highest BCUT2D eigenvalue weighted by Gasteiger charge is 2.17. The van der Waals surface area contributed by atoms with E-state index < -0.39 is 0 Å². The minimum absolute atomic E-state index is 0.920. The third kappa shape index (κ3) is 3.72. The van der Waals surface area contributed by atoms with Gasteiger partial charge in [0.25, 0.3) is 0 Å². The van der Waals surface area contributed by atoms with Crippen molar-refractivity contribution in [1.29, 1.82) is 0 Å². The monoisotopic (exact) mass is 546 g/mol. The number of fused-ring (bicyclic) bond motifs is 6. The van der Waals surface area contributed by atoms with Crippen LogP contribution in [0.15, 0.2) is 162 Å². The van der Waals surface area contributed by atoms with Crippen LogP contribution < -0.4 is 0 Å². The Balaban J connectivity index is 1.26. The van der Waals surface area contributed by atoms with Crippen LogP contribution in [0.2, 0.25) is 0 Å². The van der Waals surface area contributed by atoms with Gasteiger partial charge in [0.1, 0.15) is 11.2 Å². The molecule has 0 fully saturated rings. The van der Waals surface area contributed by atoms with E-state index in [1.165, 1.54) is 71.1 Å². The minimum atomic E-state index is 0.920. The Morgan fingerprint density at radius 2 is 0.837 bits per heavy atom. The van der Waals surface area contributed by atoms with Gasteiger partial charge in [0.15, 0.2) is 0 Å². The second-order valence-electron chi connectivity index (χ2n) is 11.3. The number of hydrogen-bond donors (Lipinski definition) is 0. The van der Waals surface area contributed by atoms with E-state index in [-0.39, 0.29) is 0 Å². The van der Waals surface area contributed by atoms with Gasteiger partial charge in [0.2, 0.25) is 0 Å². The van der Waals surface area contributed by atoms with E-state index in [4.69, 9.17) is 4.42 Å². The third-order valence-electron chi connectivity index (χ3n) is 8.86. The summed E-state index contributed by atoms with van der Waals surface area (Å²) in [7, 11) is 0. The van der Waals surface area contributed by atoms with Crippen molar-refractivity contribution >= 4 is 54.3 Å². The lowest BCUT2D eigenvalue weighted by Crippen LogP contribution is -1.91. The largest absolute Gasteiger partial charge is 0.456 e. The Labute approximate surface area is 249 Å². The van der Waals surface area contributed by atoms with Gasteiger partial charge >= 0.3 is 0 Å². The summed E-state index contributed by atoms with van der Waals surface area (Å²) in [4.78, 5) is 0. The molecule has 0 saturated carbocycles. The van der Waals surface area contributed by atoms with Crippen LogP contribution in [0.4, 0.5) is 0 Å². The fourth-order valence-corrected chi connectivity index (χ4v) is 6.93. The first-order chi connectivity index (χ1) is 21.3. The predicted molar refractivity (Wildman–Crippen MR) is 183 cm³/mol. The van der Waals surface area contributed by atoms with Crippen LogP contribution in [0, 0.1) is 0 Å². The fourth-order valence-electron chi connectivity index (χ4n) is 6.93. The third-order valence-corrected chi connectivity index (χ3v) is 8.86. The molecule has 1 heterocycles. The fraction of sp³-hybridized carbons (Fsp3) is 0. The lowest BCUT2D eigenvalue weighted by atomic mass is 9.85. The molecule has 43 heavy (non-hydrogen) atoms. The van der Waals surface area contributed by atoms with Crippen LogP contribution in [0.1, 0.15) is 0 Å². The highest BCUT2D eigenvalue weighted by atomic mass is 16.3. The molecule has 9 aromatic rings. The zero-order chi connectivity index (χ0) is 28.3. The summed E-state index contributed by atoms with van der Waals surface area (Å²) in [5, 5.41) is 9.90. The molecule has 0 N–H and O–H groups in total. The zero-order valence-electron chi connectivity index (χ0n) is 23.4. The average Bonchev–Trinajstić information content (AvgIpc) is 3.46. The molecule has 0 spiro atoms. The van der Waals surface area contributed by atoms with Crippen molar-refractivity contribution < 1.29 is 4.42 Å². The Morgan fingerprint density at radius 1 is 0.326 bits per heavy atom. The van der Waals surface area contributed by atoms with Crippen LogP contribution in [0.3, 0.4) is 0 Å². The van der Waals surface area contributed by atoms with E-state index in [0.717, 1.165) is 16.6 Å². The Bertz CT molecular complexity index is 2440. The Kier molecular flexibility index (Phi) is 5.27. The van der Waals surface area contributed by atoms with Crippen molar-refractivity contribution in [2.45, 2.75) is 0 Å². The molecular formula is C42H26O. The topological polar surface area (TPSA) is 13.1 Å². The normalized spacial score (nSPS) is 11.7. The van der Waals surface area contributed by atoms with E-state index >= 15 is 0 Å². The van der Waals surface area contributed by atoms with Crippen molar-refractivity contribution in [1.82, 2.24) is 0 Å². The summed E-state index contributed by atoms with van der Waals surface area (Å²) in [6.07, 6.45) is 0. The number of hydrogen-bond acceptors (Lipinski definition) is 1. The summed E-state index contributed by atoms with van der Waals surface area (Å²) >= 11 is 0. The van der Waals surface area contributed by atoms with Crippen molar-refractivity contribution in [2.75, 3.05) is 0 Å². The summed E-state index contributed by atoms with van der Waals surface area (Å²) < 4.78 is 6.18. The van der Waals surface area contributed by atoms with Gasteiger partial charge in [0.05, 0.1) is 0 Å². The minimum Gasteiger partial charge on any atom is -0.456 e. The SMILES string of the molecule is c1ccc2cc(-c3c4ccccc4c(-c4ccc(-c5cccc6oc7ccccc7c56)cc4)c4ccccc34)ccc2c1. The van der Waals surface area contributed by atoms with E-state index in [1.807, 2.05) is 12.1 Å². The van der Waals surface area contributed by atoms with Crippen LogP contribution >= 0.6 is 0 Å². The molecule has 0 unspecified atom stereocenters. The van der Waals surface area contributed by atoms with Crippen molar-refractivity contribution in [3.8, 4) is 33.4 Å². The molecule has 0 aliphatic heterocycles. The highest BCUT2D eigenvalue weighted by molar-refractivity contribution is 6.22. The first-order valence-corrected chi connectivity index (χ1v) is 14.8. The summed E-state index contributed by atoms with van der Waals surface area (Å²) in [5.41, 5.74) is 9.23. The molecule has 200 valence electrons. The lowest BCUT2D eigenvalue weighted by molar-refractivity contribution is 0.669. The predicted octanol–water partition coefficient (Wildman–Crippen LogP) is 12.0. The van der Waals surface area contributed by atoms with Crippen molar-refractivity contribution in [3.63, 3.8) is 0 Å². The van der Waals surface area contributed by atoms with Crippen molar-refractivity contribution in [3.05, 3.63) is 158 Å². The molecule has 1 heteroatoms. The van der Waals surface area contributed by atoms with Gasteiger partial charge in [-0.1, -0.05) is 140 Å². The first-order valence-electron chi connectivity index (χ1n) is 14.8. The molecule has 1 aromatic heterocycles. The van der Waals surface area contributed by atoms with Crippen LogP contribution in [-0.2, 0) is 0 Å². The number of furan rings is 1. The van der Waals surface area contributed by atoms with Crippen LogP contribution in [-0.4, -0.2) is 0 Å². The van der Waals surface area contributed by atoms with Gasteiger partial charge in [-0.25, -0.2) is 0 Å². The van der Waals surface area contributed by atoms with Gasteiger partial charge in [-0.2, -0.15) is 0 Å². The zero-order valence-corrected chi connectivity index (χ0v) is 23.4. The lowest BCUT2D eigenvalue weighted by Gasteiger charge is -2.18. The van der Waals surface area contributed by atoms with Gasteiger partial charge < -0.3 is 4.42 Å². The molecular weight excluding hydrogens is 520 g/mol. The molecule has 8 aromatic carbocycles. The Hall–Kier alpha value is -5.66. The summed E-state index contributed by atoms with van der Waals surface area (Å²) in [5.74, 6) is 0. The van der Waals surface area contributed by atoms with Gasteiger partial charge in [-0.3, -0.25) is 0 Å². The van der Waals surface area contributed by atoms with E-state index in [0.29, 0.717) is 0 Å². The maximum atomic E-state index is 6.18. The summed E-state index contributed by atoms with van der Waals surface area (Å²) in [6.45, 7) is 0. The van der Waals surface area contributed by atoms with E-state index in [1.54, 1.807) is 0 Å². The molecule has 9 rings (SSSR count). The number of benzene rings is 8. The molecule has 0 aliphatic carbocycles. The second-order valence-corrected chi connectivity index (χ2v) is 11.3. The standard InChI is InChI=1S/C42H26O/c1-2-11-30-26-31(25-20-27(30)10-1)41-35-14-5-3-12-33(35)40(34-13-4-6-15-36(34)41)29-23-21-28(22-24-29)32-17-9-19-39-42(32)37-16-7-8-18-38(37)43-39/h1-26H. The van der Waals surface area contributed by atoms with Crippen LogP contribution in [0.5, 0.6) is 0 Å². The molecule has 0 saturated heterocycles. The average molecular weight is 547 g/mol. The molecule has 0 atom stereocenters. The van der Waals surface area contributed by atoms with Gasteiger partial charge in [-0.15, -0.1) is 0 Å². The smallest absolute Gasteiger partial charge is 0.136 e. The molecule has 0 radical (unpaired) electrons. The van der Waals surface area contributed by atoms with Gasteiger partial charge in [0, 0.05) is 10.8 Å². The maximum Gasteiger partial charge on any atom is 0.136 e. The summed E-state index contributed by atoms with van der Waals surface area (Å²) in [6, 6.07) is 56.9. The second kappa shape index (κ2) is 9.44. The number of para-hydroxylation sites is 1. The maximum absolute atomic E-state index is 6.18. The van der Waals surface area contributed by atoms with Gasteiger partial charge in [-0.05, 0) is 83.9 Å². The Morgan fingerprint density at radius 3 is 1.53 bits per heavy atom. The van der Waals surface area contributed by atoms with E-state index in [2.05, 4.69) is 146 Å². The first kappa shape index (κ1) is 24.0. The van der Waals surface area contributed by atoms with Crippen molar-refractivity contribution in [2.24, 2.45) is 0 Å². The highest BCUT2D eigenvalue weighted by Crippen LogP contribution is 2.45. The molecule has 0 bridgehead atoms. The van der Waals surface area contributed by atoms with E-state index in [9.17, 15) is 0 Å².